The number of Topliss-reactive ketones (excluding diaryl/α,β-unsaturated/α-hetero) is 1. The second-order valence-corrected chi connectivity index (χ2v) is 2.32. The zero-order chi connectivity index (χ0) is 8.10. The van der Waals surface area contributed by atoms with Crippen LogP contribution in [0.4, 0.5) is 0 Å². The minimum atomic E-state index is 0.143. The van der Waals surface area contributed by atoms with Crippen LogP contribution in [0.1, 0.15) is 13.3 Å². The van der Waals surface area contributed by atoms with Crippen LogP contribution in [0.5, 0.6) is 0 Å². The lowest BCUT2D eigenvalue weighted by atomic mass is 10.1. The van der Waals surface area contributed by atoms with E-state index in [1.165, 1.54) is 6.26 Å². The van der Waals surface area contributed by atoms with Gasteiger partial charge in [0.2, 0.25) is 0 Å². The quantitative estimate of drug-likeness (QED) is 0.440. The summed E-state index contributed by atoms with van der Waals surface area (Å²) in [5.41, 5.74) is 0.651. The zero-order valence-electron chi connectivity index (χ0n) is 6.63. The number of ketones is 1. The highest BCUT2D eigenvalue weighted by molar-refractivity contribution is 5.95. The van der Waals surface area contributed by atoms with Gasteiger partial charge in [-0.15, -0.1) is 0 Å². The molecule has 0 atom stereocenters. The van der Waals surface area contributed by atoms with Crippen molar-refractivity contribution in [3.05, 3.63) is 11.8 Å². The maximum atomic E-state index is 11.1. The predicted octanol–water partition coefficient (Wildman–Crippen LogP) is 0.896. The van der Waals surface area contributed by atoms with Gasteiger partial charge in [-0.3, -0.25) is 4.79 Å². The summed E-state index contributed by atoms with van der Waals surface area (Å²) in [6, 6.07) is 0. The van der Waals surface area contributed by atoms with Crippen molar-refractivity contribution in [2.24, 2.45) is 0 Å². The summed E-state index contributed by atoms with van der Waals surface area (Å²) in [7, 11) is 0. The molecule has 0 spiro atoms. The first kappa shape index (κ1) is 8.27. The summed E-state index contributed by atoms with van der Waals surface area (Å²) < 4.78 is 10.1. The minimum Gasteiger partial charge on any atom is -0.501 e. The molecule has 11 heavy (non-hydrogen) atoms. The van der Waals surface area contributed by atoms with Gasteiger partial charge in [0.1, 0.15) is 0 Å². The van der Waals surface area contributed by atoms with Gasteiger partial charge < -0.3 is 9.47 Å². The van der Waals surface area contributed by atoms with Gasteiger partial charge in [-0.1, -0.05) is 0 Å². The Bertz CT molecular complexity index is 172. The van der Waals surface area contributed by atoms with Crippen molar-refractivity contribution in [2.75, 3.05) is 19.8 Å². The smallest absolute Gasteiger partial charge is 0.166 e. The molecule has 3 nitrogen and oxygen atoms in total. The number of hydrogen-bond acceptors (Lipinski definition) is 3. The normalized spacial score (nSPS) is 22.3. The Morgan fingerprint density at radius 3 is 3.18 bits per heavy atom. The highest BCUT2D eigenvalue weighted by Crippen LogP contribution is 2.07. The van der Waals surface area contributed by atoms with E-state index < -0.39 is 0 Å². The van der Waals surface area contributed by atoms with Crippen molar-refractivity contribution in [1.82, 2.24) is 0 Å². The van der Waals surface area contributed by atoms with E-state index in [9.17, 15) is 4.79 Å². The van der Waals surface area contributed by atoms with Gasteiger partial charge in [-0.05, 0) is 6.92 Å². The molecule has 0 saturated carbocycles. The number of ether oxygens (including phenoxy) is 2. The summed E-state index contributed by atoms with van der Waals surface area (Å²) in [5, 5.41) is 0. The zero-order valence-corrected chi connectivity index (χ0v) is 6.63. The predicted molar refractivity (Wildman–Crippen MR) is 40.2 cm³/mol. The van der Waals surface area contributed by atoms with Crippen LogP contribution in [-0.4, -0.2) is 25.6 Å². The Morgan fingerprint density at radius 1 is 1.73 bits per heavy atom. The maximum Gasteiger partial charge on any atom is 0.166 e. The lowest BCUT2D eigenvalue weighted by Crippen LogP contribution is -2.18. The topological polar surface area (TPSA) is 35.5 Å². The Hall–Kier alpha value is -0.830. The lowest BCUT2D eigenvalue weighted by Gasteiger charge is -2.12. The minimum absolute atomic E-state index is 0.143. The third kappa shape index (κ3) is 2.35. The van der Waals surface area contributed by atoms with Crippen LogP contribution < -0.4 is 0 Å². The van der Waals surface area contributed by atoms with Crippen molar-refractivity contribution in [3.8, 4) is 0 Å². The van der Waals surface area contributed by atoms with Crippen molar-refractivity contribution in [3.63, 3.8) is 0 Å². The molecule has 1 aliphatic rings. The van der Waals surface area contributed by atoms with Gasteiger partial charge in [0, 0.05) is 6.42 Å². The van der Waals surface area contributed by atoms with Crippen molar-refractivity contribution < 1.29 is 14.3 Å². The van der Waals surface area contributed by atoms with E-state index in [4.69, 9.17) is 9.47 Å². The Kier molecular flexibility index (Phi) is 3.11. The molecule has 0 bridgehead atoms. The molecule has 1 aliphatic heterocycles. The van der Waals surface area contributed by atoms with E-state index in [-0.39, 0.29) is 5.78 Å². The van der Waals surface area contributed by atoms with Crippen LogP contribution >= 0.6 is 0 Å². The Morgan fingerprint density at radius 2 is 2.55 bits per heavy atom. The number of carbonyl (C=O) groups excluding carboxylic acids is 1. The molecule has 0 unspecified atom stereocenters. The third-order valence-electron chi connectivity index (χ3n) is 1.48. The summed E-state index contributed by atoms with van der Waals surface area (Å²) in [6.45, 7) is 3.42. The monoisotopic (exact) mass is 156 g/mol. The van der Waals surface area contributed by atoms with E-state index in [0.29, 0.717) is 31.8 Å². The maximum absolute atomic E-state index is 11.1. The highest BCUT2D eigenvalue weighted by Gasteiger charge is 2.15. The fraction of sp³-hybridized carbons (Fsp3) is 0.625. The van der Waals surface area contributed by atoms with Gasteiger partial charge in [0.15, 0.2) is 5.78 Å². The van der Waals surface area contributed by atoms with E-state index in [0.717, 1.165) is 0 Å². The van der Waals surface area contributed by atoms with Crippen LogP contribution in [-0.2, 0) is 14.3 Å². The fourth-order valence-electron chi connectivity index (χ4n) is 0.872. The molecule has 1 rings (SSSR count). The van der Waals surface area contributed by atoms with Crippen molar-refractivity contribution in [1.29, 1.82) is 0 Å². The summed E-state index contributed by atoms with van der Waals surface area (Å²) in [4.78, 5) is 11.1. The van der Waals surface area contributed by atoms with Crippen molar-refractivity contribution in [2.45, 2.75) is 13.3 Å². The molecule has 1 heterocycles. The Labute approximate surface area is 66.0 Å². The number of rotatable bonds is 2. The third-order valence-corrected chi connectivity index (χ3v) is 1.48. The standard InChI is InChI=1S/C8H12O3/c1-2-10-5-7-6-11-4-3-8(7)9/h5H,2-4,6H2,1H3/b7-5+. The molecule has 0 aliphatic carbocycles. The average molecular weight is 156 g/mol. The van der Waals surface area contributed by atoms with Gasteiger partial charge >= 0.3 is 0 Å². The molecule has 0 aromatic carbocycles. The highest BCUT2D eigenvalue weighted by atomic mass is 16.5. The first-order valence-electron chi connectivity index (χ1n) is 3.76. The summed E-state index contributed by atoms with van der Waals surface area (Å²) >= 11 is 0. The van der Waals surface area contributed by atoms with E-state index in [1.54, 1.807) is 0 Å². The van der Waals surface area contributed by atoms with Gasteiger partial charge in [0.05, 0.1) is 31.7 Å². The van der Waals surface area contributed by atoms with Crippen LogP contribution in [0.3, 0.4) is 0 Å². The fourth-order valence-corrected chi connectivity index (χ4v) is 0.872. The molecule has 0 radical (unpaired) electrons. The van der Waals surface area contributed by atoms with Crippen LogP contribution in [0, 0.1) is 0 Å². The van der Waals surface area contributed by atoms with Gasteiger partial charge in [-0.25, -0.2) is 0 Å². The van der Waals surface area contributed by atoms with Crippen molar-refractivity contribution >= 4 is 5.78 Å². The van der Waals surface area contributed by atoms with Crippen LogP contribution in [0.2, 0.25) is 0 Å². The molecule has 1 fully saturated rings. The van der Waals surface area contributed by atoms with Gasteiger partial charge in [-0.2, -0.15) is 0 Å². The van der Waals surface area contributed by atoms with Crippen LogP contribution in [0.15, 0.2) is 11.8 Å². The molecule has 0 aromatic heterocycles. The first-order chi connectivity index (χ1) is 5.34. The van der Waals surface area contributed by atoms with Gasteiger partial charge in [0.25, 0.3) is 0 Å². The van der Waals surface area contributed by atoms with Crippen LogP contribution in [0.25, 0.3) is 0 Å². The van der Waals surface area contributed by atoms with E-state index in [2.05, 4.69) is 0 Å². The molecule has 1 saturated heterocycles. The molecule has 62 valence electrons. The average Bonchev–Trinajstić information content (AvgIpc) is 2.03. The molecular formula is C8H12O3. The first-order valence-corrected chi connectivity index (χ1v) is 3.76. The number of hydrogen-bond donors (Lipinski definition) is 0. The molecular weight excluding hydrogens is 144 g/mol. The lowest BCUT2D eigenvalue weighted by molar-refractivity contribution is -0.119. The second kappa shape index (κ2) is 4.13. The molecule has 3 heteroatoms. The van der Waals surface area contributed by atoms with E-state index in [1.807, 2.05) is 6.92 Å². The summed E-state index contributed by atoms with van der Waals surface area (Å²) in [5.74, 6) is 0.143. The van der Waals surface area contributed by atoms with E-state index >= 15 is 0 Å². The largest absolute Gasteiger partial charge is 0.501 e. The molecule has 0 N–H and O–H groups in total. The summed E-state index contributed by atoms with van der Waals surface area (Å²) in [6.07, 6.45) is 1.99. The number of carbonyl (C=O) groups is 1. The molecule has 0 aromatic rings. The molecule has 0 amide bonds. The second-order valence-electron chi connectivity index (χ2n) is 2.32. The SMILES string of the molecule is CCO/C=C1\COCCC1=O. The Balaban J connectivity index is 2.47.